The van der Waals surface area contributed by atoms with Crippen LogP contribution < -0.4 is 9.47 Å². The van der Waals surface area contributed by atoms with Gasteiger partial charge in [-0.05, 0) is 42.3 Å². The monoisotopic (exact) mass is 433 g/mol. The molecule has 0 aliphatic carbocycles. The van der Waals surface area contributed by atoms with E-state index < -0.39 is 23.5 Å². The topological polar surface area (TPSA) is 89.2 Å². The zero-order valence-electron chi connectivity index (χ0n) is 18.0. The first-order chi connectivity index (χ1) is 15.4. The quantitative estimate of drug-likeness (QED) is 0.556. The number of Topliss-reactive ketones (excluding diaryl/α,β-unsaturated/α-hetero) is 1. The Kier molecular flexibility index (Phi) is 5.73. The van der Waals surface area contributed by atoms with Crippen molar-refractivity contribution in [3.05, 3.63) is 94.6 Å². The highest BCUT2D eigenvalue weighted by Crippen LogP contribution is 2.42. The summed E-state index contributed by atoms with van der Waals surface area (Å²) in [7, 11) is 3.03. The van der Waals surface area contributed by atoms with Gasteiger partial charge in [-0.3, -0.25) is 9.59 Å². The molecule has 1 aromatic heterocycles. The van der Waals surface area contributed by atoms with E-state index in [0.717, 1.165) is 5.56 Å². The van der Waals surface area contributed by atoms with E-state index in [1.165, 1.54) is 25.2 Å². The van der Waals surface area contributed by atoms with E-state index >= 15 is 0 Å². The van der Waals surface area contributed by atoms with E-state index in [9.17, 15) is 14.7 Å². The predicted octanol–water partition coefficient (Wildman–Crippen LogP) is 4.38. The summed E-state index contributed by atoms with van der Waals surface area (Å²) in [5.74, 6) is -0.174. The molecule has 0 bridgehead atoms. The number of hydrogen-bond acceptors (Lipinski definition) is 6. The van der Waals surface area contributed by atoms with Crippen LogP contribution in [0.3, 0.4) is 0 Å². The van der Waals surface area contributed by atoms with Gasteiger partial charge in [0.05, 0.1) is 25.8 Å². The highest BCUT2D eigenvalue weighted by Gasteiger charge is 2.44. The molecule has 1 atom stereocenters. The predicted molar refractivity (Wildman–Crippen MR) is 117 cm³/mol. The van der Waals surface area contributed by atoms with Crippen LogP contribution in [0.4, 0.5) is 0 Å². The van der Waals surface area contributed by atoms with Gasteiger partial charge in [-0.15, -0.1) is 0 Å². The van der Waals surface area contributed by atoms with Crippen molar-refractivity contribution in [3.8, 4) is 11.5 Å². The molecule has 3 aromatic rings. The van der Waals surface area contributed by atoms with E-state index in [4.69, 9.17) is 13.9 Å². The van der Waals surface area contributed by atoms with Crippen molar-refractivity contribution < 1.29 is 28.6 Å². The molecule has 7 heteroatoms. The number of amides is 1. The standard InChI is InChI=1S/C25H23NO6/c1-15-9-11-19(32-15)23(27)21-22(17-10-12-18(30-2)20(13-17)31-3)26(25(29)24(21)28)14-16-7-5-4-6-8-16/h4-13,22,28H,14H2,1-3H3. The molecule has 0 saturated heterocycles. The Bertz CT molecular complexity index is 1190. The van der Waals surface area contributed by atoms with Crippen LogP contribution in [0.25, 0.3) is 0 Å². The fourth-order valence-corrected chi connectivity index (χ4v) is 3.89. The Labute approximate surface area is 185 Å². The highest BCUT2D eigenvalue weighted by molar-refractivity contribution is 6.15. The molecule has 1 aliphatic heterocycles. The fraction of sp³-hybridized carbons (Fsp3) is 0.200. The van der Waals surface area contributed by atoms with Gasteiger partial charge in [0, 0.05) is 6.54 Å². The van der Waals surface area contributed by atoms with Crippen molar-refractivity contribution in [3.63, 3.8) is 0 Å². The number of carbonyl (C=O) groups is 2. The van der Waals surface area contributed by atoms with Crippen LogP contribution in [-0.2, 0) is 11.3 Å². The van der Waals surface area contributed by atoms with Crippen LogP contribution >= 0.6 is 0 Å². The van der Waals surface area contributed by atoms with E-state index in [1.807, 2.05) is 30.3 Å². The Hall–Kier alpha value is -4.00. The number of aryl methyl sites for hydroxylation is 1. The summed E-state index contributed by atoms with van der Waals surface area (Å²) in [6.07, 6.45) is 0. The molecule has 0 fully saturated rings. The second-order valence-electron chi connectivity index (χ2n) is 7.44. The van der Waals surface area contributed by atoms with Gasteiger partial charge in [-0.1, -0.05) is 36.4 Å². The second-order valence-corrected chi connectivity index (χ2v) is 7.44. The third-order valence-corrected chi connectivity index (χ3v) is 5.43. The van der Waals surface area contributed by atoms with Crippen LogP contribution in [0.5, 0.6) is 11.5 Å². The number of aliphatic hydroxyl groups excluding tert-OH is 1. The summed E-state index contributed by atoms with van der Waals surface area (Å²) < 4.78 is 16.2. The molecule has 1 amide bonds. The Morgan fingerprint density at radius 2 is 1.75 bits per heavy atom. The van der Waals surface area contributed by atoms with E-state index in [0.29, 0.717) is 22.8 Å². The van der Waals surface area contributed by atoms with Crippen molar-refractivity contribution in [2.24, 2.45) is 0 Å². The third kappa shape index (κ3) is 3.73. The van der Waals surface area contributed by atoms with Crippen molar-refractivity contribution in [1.82, 2.24) is 4.90 Å². The lowest BCUT2D eigenvalue weighted by Gasteiger charge is -2.27. The first-order valence-electron chi connectivity index (χ1n) is 10.1. The summed E-state index contributed by atoms with van der Waals surface area (Å²) in [6.45, 7) is 1.93. The fourth-order valence-electron chi connectivity index (χ4n) is 3.89. The minimum absolute atomic E-state index is 0.0347. The smallest absolute Gasteiger partial charge is 0.290 e. The van der Waals surface area contributed by atoms with Gasteiger partial charge in [0.25, 0.3) is 5.91 Å². The Morgan fingerprint density at radius 1 is 1.03 bits per heavy atom. The number of ether oxygens (including phenoxy) is 2. The molecule has 2 aromatic carbocycles. The van der Waals surface area contributed by atoms with Crippen LogP contribution in [0.1, 0.15) is 33.5 Å². The third-order valence-electron chi connectivity index (χ3n) is 5.43. The second kappa shape index (κ2) is 8.63. The van der Waals surface area contributed by atoms with Gasteiger partial charge >= 0.3 is 0 Å². The van der Waals surface area contributed by atoms with Crippen molar-refractivity contribution in [2.75, 3.05) is 14.2 Å². The molecule has 0 saturated carbocycles. The van der Waals surface area contributed by atoms with Gasteiger partial charge in [0.2, 0.25) is 5.78 Å². The maximum Gasteiger partial charge on any atom is 0.290 e. The first-order valence-corrected chi connectivity index (χ1v) is 10.1. The lowest BCUT2D eigenvalue weighted by molar-refractivity contribution is -0.130. The van der Waals surface area contributed by atoms with Crippen LogP contribution in [0.2, 0.25) is 0 Å². The molecule has 4 rings (SSSR count). The van der Waals surface area contributed by atoms with Crippen molar-refractivity contribution in [1.29, 1.82) is 0 Å². The number of aliphatic hydroxyl groups is 1. The number of rotatable bonds is 7. The molecule has 164 valence electrons. The SMILES string of the molecule is COc1ccc(C2C(C(=O)c3ccc(C)o3)=C(O)C(=O)N2Cc2ccccc2)cc1OC. The average Bonchev–Trinajstić information content (AvgIpc) is 3.35. The summed E-state index contributed by atoms with van der Waals surface area (Å²) in [5, 5.41) is 10.8. The van der Waals surface area contributed by atoms with E-state index in [2.05, 4.69) is 0 Å². The zero-order chi connectivity index (χ0) is 22.8. The molecule has 1 aliphatic rings. The molecule has 1 unspecified atom stereocenters. The number of methoxy groups -OCH3 is 2. The number of benzene rings is 2. The van der Waals surface area contributed by atoms with Crippen LogP contribution in [0.15, 0.2) is 76.4 Å². The molecule has 1 N–H and O–H groups in total. The number of nitrogens with zero attached hydrogens (tertiary/aromatic N) is 1. The van der Waals surface area contributed by atoms with Gasteiger partial charge < -0.3 is 23.9 Å². The molecule has 32 heavy (non-hydrogen) atoms. The van der Waals surface area contributed by atoms with Crippen LogP contribution in [-0.4, -0.2) is 35.9 Å². The number of carbonyl (C=O) groups excluding carboxylic acids is 2. The summed E-state index contributed by atoms with van der Waals surface area (Å²) in [4.78, 5) is 27.9. The summed E-state index contributed by atoms with van der Waals surface area (Å²) in [5.41, 5.74) is 1.43. The maximum atomic E-state index is 13.3. The lowest BCUT2D eigenvalue weighted by Crippen LogP contribution is -2.30. The molecular formula is C25H23NO6. The normalized spacial score (nSPS) is 15.9. The van der Waals surface area contributed by atoms with E-state index in [-0.39, 0.29) is 17.9 Å². The summed E-state index contributed by atoms with van der Waals surface area (Å²) >= 11 is 0. The van der Waals surface area contributed by atoms with E-state index in [1.54, 1.807) is 31.2 Å². The molecule has 0 spiro atoms. The Balaban J connectivity index is 1.83. The summed E-state index contributed by atoms with van der Waals surface area (Å²) in [6, 6.07) is 16.9. The maximum absolute atomic E-state index is 13.3. The molecular weight excluding hydrogens is 410 g/mol. The van der Waals surface area contributed by atoms with Crippen molar-refractivity contribution in [2.45, 2.75) is 19.5 Å². The molecule has 0 radical (unpaired) electrons. The average molecular weight is 433 g/mol. The largest absolute Gasteiger partial charge is 0.503 e. The van der Waals surface area contributed by atoms with Gasteiger partial charge in [-0.2, -0.15) is 0 Å². The molecule has 2 heterocycles. The van der Waals surface area contributed by atoms with Gasteiger partial charge in [-0.25, -0.2) is 0 Å². The van der Waals surface area contributed by atoms with Crippen LogP contribution in [0, 0.1) is 6.92 Å². The minimum atomic E-state index is -0.833. The molecule has 7 nitrogen and oxygen atoms in total. The van der Waals surface area contributed by atoms with Gasteiger partial charge in [0.15, 0.2) is 23.0 Å². The highest BCUT2D eigenvalue weighted by atomic mass is 16.5. The lowest BCUT2D eigenvalue weighted by atomic mass is 9.94. The first kappa shape index (κ1) is 21.2. The zero-order valence-corrected chi connectivity index (χ0v) is 18.0. The number of furan rings is 1. The Morgan fingerprint density at radius 3 is 2.38 bits per heavy atom. The van der Waals surface area contributed by atoms with Crippen molar-refractivity contribution >= 4 is 11.7 Å². The minimum Gasteiger partial charge on any atom is -0.503 e. The number of hydrogen-bond donors (Lipinski definition) is 1. The number of ketones is 1. The van der Waals surface area contributed by atoms with Gasteiger partial charge in [0.1, 0.15) is 5.76 Å².